The number of hydrogen-bond donors (Lipinski definition) is 1. The second-order valence-electron chi connectivity index (χ2n) is 6.92. The molecule has 2 aromatic rings. The molecule has 0 aromatic heterocycles. The first kappa shape index (κ1) is 18.1. The van der Waals surface area contributed by atoms with E-state index in [9.17, 15) is 4.79 Å². The summed E-state index contributed by atoms with van der Waals surface area (Å²) in [6.07, 6.45) is 1.18. The summed E-state index contributed by atoms with van der Waals surface area (Å²) in [6.45, 7) is 9.11. The van der Waals surface area contributed by atoms with E-state index in [2.05, 4.69) is 50.4 Å². The van der Waals surface area contributed by atoms with Crippen molar-refractivity contribution < 1.29 is 9.53 Å². The fraction of sp³-hybridized carbons (Fsp3) is 0.381. The van der Waals surface area contributed by atoms with Gasteiger partial charge in [-0.2, -0.15) is 0 Å². The van der Waals surface area contributed by atoms with Crippen molar-refractivity contribution in [1.82, 2.24) is 0 Å². The maximum absolute atomic E-state index is 12.2. The van der Waals surface area contributed by atoms with Gasteiger partial charge >= 0.3 is 0 Å². The fourth-order valence-corrected chi connectivity index (χ4v) is 2.49. The number of rotatable bonds is 6. The van der Waals surface area contributed by atoms with Crippen LogP contribution in [0.1, 0.15) is 45.2 Å². The van der Waals surface area contributed by atoms with Gasteiger partial charge < -0.3 is 10.1 Å². The summed E-state index contributed by atoms with van der Waals surface area (Å²) in [5, 5.41) is 2.94. The minimum absolute atomic E-state index is 0.00190. The molecule has 3 heteroatoms. The standard InChI is InChI=1S/C21H27NO2/c1-5-24-19-9-7-6-8-18(19)22-20(23)15-12-16-10-13-17(14-11-16)21(2,3)4/h6-11,13-14H,5,12,15H2,1-4H3,(H,22,23). The van der Waals surface area contributed by atoms with E-state index in [-0.39, 0.29) is 11.3 Å². The Morgan fingerprint density at radius 2 is 1.71 bits per heavy atom. The van der Waals surface area contributed by atoms with Gasteiger partial charge in [0.15, 0.2) is 0 Å². The summed E-state index contributed by atoms with van der Waals surface area (Å²) in [6, 6.07) is 16.0. The molecule has 0 aliphatic heterocycles. The van der Waals surface area contributed by atoms with E-state index in [0.717, 1.165) is 12.1 Å². The van der Waals surface area contributed by atoms with Crippen LogP contribution in [0.3, 0.4) is 0 Å². The summed E-state index contributed by atoms with van der Waals surface area (Å²) < 4.78 is 5.53. The highest BCUT2D eigenvalue weighted by Crippen LogP contribution is 2.24. The molecule has 0 unspecified atom stereocenters. The molecule has 0 radical (unpaired) electrons. The molecule has 24 heavy (non-hydrogen) atoms. The van der Waals surface area contributed by atoms with Crippen LogP contribution in [0.2, 0.25) is 0 Å². The van der Waals surface area contributed by atoms with E-state index in [1.807, 2.05) is 31.2 Å². The summed E-state index contributed by atoms with van der Waals surface area (Å²) >= 11 is 0. The number of nitrogens with one attached hydrogen (secondary N) is 1. The third-order valence-electron chi connectivity index (χ3n) is 3.92. The third-order valence-corrected chi connectivity index (χ3v) is 3.92. The van der Waals surface area contributed by atoms with E-state index in [4.69, 9.17) is 4.74 Å². The molecule has 0 aliphatic carbocycles. The Labute approximate surface area is 145 Å². The number of benzene rings is 2. The van der Waals surface area contributed by atoms with E-state index < -0.39 is 0 Å². The molecule has 0 saturated carbocycles. The highest BCUT2D eigenvalue weighted by atomic mass is 16.5. The van der Waals surface area contributed by atoms with Crippen LogP contribution in [0.5, 0.6) is 5.75 Å². The number of carbonyl (C=O) groups excluding carboxylic acids is 1. The van der Waals surface area contributed by atoms with Gasteiger partial charge in [-0.3, -0.25) is 4.79 Å². The van der Waals surface area contributed by atoms with Crippen molar-refractivity contribution in [1.29, 1.82) is 0 Å². The lowest BCUT2D eigenvalue weighted by atomic mass is 9.86. The number of para-hydroxylation sites is 2. The Kier molecular flexibility index (Phi) is 6.02. The molecule has 2 rings (SSSR count). The van der Waals surface area contributed by atoms with Gasteiger partial charge in [0, 0.05) is 6.42 Å². The van der Waals surface area contributed by atoms with Gasteiger partial charge in [0.25, 0.3) is 0 Å². The molecule has 0 fully saturated rings. The van der Waals surface area contributed by atoms with Crippen LogP contribution in [0, 0.1) is 0 Å². The van der Waals surface area contributed by atoms with Crippen LogP contribution in [0.15, 0.2) is 48.5 Å². The van der Waals surface area contributed by atoms with Crippen LogP contribution in [-0.2, 0) is 16.6 Å². The molecule has 0 bridgehead atoms. The molecular weight excluding hydrogens is 298 g/mol. The van der Waals surface area contributed by atoms with Gasteiger partial charge in [0.05, 0.1) is 12.3 Å². The predicted octanol–water partition coefficient (Wildman–Crippen LogP) is 4.95. The van der Waals surface area contributed by atoms with Gasteiger partial charge in [-0.15, -0.1) is 0 Å². The summed E-state index contributed by atoms with van der Waals surface area (Å²) in [5.41, 5.74) is 3.36. The molecule has 1 N–H and O–H groups in total. The fourth-order valence-electron chi connectivity index (χ4n) is 2.49. The summed E-state index contributed by atoms with van der Waals surface area (Å²) in [5.74, 6) is 0.713. The highest BCUT2D eigenvalue weighted by Gasteiger charge is 2.13. The van der Waals surface area contributed by atoms with E-state index in [1.54, 1.807) is 0 Å². The Morgan fingerprint density at radius 1 is 1.04 bits per heavy atom. The molecule has 0 spiro atoms. The normalized spacial score (nSPS) is 11.2. The number of anilines is 1. The number of hydrogen-bond acceptors (Lipinski definition) is 2. The predicted molar refractivity (Wildman–Crippen MR) is 99.7 cm³/mol. The van der Waals surface area contributed by atoms with E-state index >= 15 is 0 Å². The van der Waals surface area contributed by atoms with Crippen molar-refractivity contribution in [2.75, 3.05) is 11.9 Å². The Balaban J connectivity index is 1.92. The van der Waals surface area contributed by atoms with E-state index in [1.165, 1.54) is 11.1 Å². The van der Waals surface area contributed by atoms with Crippen LogP contribution in [0.25, 0.3) is 0 Å². The van der Waals surface area contributed by atoms with Crippen LogP contribution < -0.4 is 10.1 Å². The largest absolute Gasteiger partial charge is 0.492 e. The molecule has 3 nitrogen and oxygen atoms in total. The maximum Gasteiger partial charge on any atom is 0.224 e. The van der Waals surface area contributed by atoms with Crippen LogP contribution in [0.4, 0.5) is 5.69 Å². The number of amides is 1. The topological polar surface area (TPSA) is 38.3 Å². The zero-order valence-corrected chi connectivity index (χ0v) is 15.1. The van der Waals surface area contributed by atoms with Crippen LogP contribution in [-0.4, -0.2) is 12.5 Å². The Bertz CT molecular complexity index is 669. The SMILES string of the molecule is CCOc1ccccc1NC(=O)CCc1ccc(C(C)(C)C)cc1. The smallest absolute Gasteiger partial charge is 0.224 e. The number of aryl methyl sites for hydroxylation is 1. The second kappa shape index (κ2) is 8.00. The van der Waals surface area contributed by atoms with Crippen molar-refractivity contribution in [3.05, 3.63) is 59.7 Å². The summed E-state index contributed by atoms with van der Waals surface area (Å²) in [7, 11) is 0. The number of carbonyl (C=O) groups is 1. The zero-order valence-electron chi connectivity index (χ0n) is 15.1. The first-order chi connectivity index (χ1) is 11.4. The van der Waals surface area contributed by atoms with Gasteiger partial charge in [-0.25, -0.2) is 0 Å². The average molecular weight is 325 g/mol. The molecule has 2 aromatic carbocycles. The molecule has 0 saturated heterocycles. The van der Waals surface area contributed by atoms with Crippen molar-refractivity contribution in [2.45, 2.75) is 46.0 Å². The van der Waals surface area contributed by atoms with Gasteiger partial charge in [-0.1, -0.05) is 57.2 Å². The molecule has 0 aliphatic rings. The van der Waals surface area contributed by atoms with Crippen molar-refractivity contribution in [2.24, 2.45) is 0 Å². The molecule has 1 amide bonds. The lowest BCUT2D eigenvalue weighted by Gasteiger charge is -2.19. The monoisotopic (exact) mass is 325 g/mol. The zero-order chi connectivity index (χ0) is 17.6. The minimum Gasteiger partial charge on any atom is -0.492 e. The quantitative estimate of drug-likeness (QED) is 0.815. The van der Waals surface area contributed by atoms with Gasteiger partial charge in [-0.05, 0) is 42.0 Å². The highest BCUT2D eigenvalue weighted by molar-refractivity contribution is 5.92. The first-order valence-electron chi connectivity index (χ1n) is 8.51. The van der Waals surface area contributed by atoms with E-state index in [0.29, 0.717) is 18.8 Å². The number of ether oxygens (including phenoxy) is 1. The van der Waals surface area contributed by atoms with Gasteiger partial charge in [0.1, 0.15) is 5.75 Å². The Morgan fingerprint density at radius 3 is 2.33 bits per heavy atom. The molecular formula is C21H27NO2. The maximum atomic E-state index is 12.2. The first-order valence-corrected chi connectivity index (χ1v) is 8.51. The Hall–Kier alpha value is -2.29. The minimum atomic E-state index is 0.00190. The average Bonchev–Trinajstić information content (AvgIpc) is 2.55. The van der Waals surface area contributed by atoms with Crippen molar-refractivity contribution in [3.8, 4) is 5.75 Å². The second-order valence-corrected chi connectivity index (χ2v) is 6.92. The lowest BCUT2D eigenvalue weighted by molar-refractivity contribution is -0.116. The van der Waals surface area contributed by atoms with Crippen LogP contribution >= 0.6 is 0 Å². The third kappa shape index (κ3) is 5.12. The summed E-state index contributed by atoms with van der Waals surface area (Å²) in [4.78, 5) is 12.2. The van der Waals surface area contributed by atoms with Crippen molar-refractivity contribution >= 4 is 11.6 Å². The lowest BCUT2D eigenvalue weighted by Crippen LogP contribution is -2.14. The molecule has 128 valence electrons. The molecule has 0 atom stereocenters. The molecule has 0 heterocycles. The van der Waals surface area contributed by atoms with Gasteiger partial charge in [0.2, 0.25) is 5.91 Å². The van der Waals surface area contributed by atoms with Crippen molar-refractivity contribution in [3.63, 3.8) is 0 Å².